The van der Waals surface area contributed by atoms with Gasteiger partial charge in [-0.25, -0.2) is 18.7 Å². The molecule has 4 heterocycles. The first-order valence-electron chi connectivity index (χ1n) is 12.6. The summed E-state index contributed by atoms with van der Waals surface area (Å²) in [6.07, 6.45) is 2.73. The van der Waals surface area contributed by atoms with E-state index in [1.807, 2.05) is 4.90 Å². The summed E-state index contributed by atoms with van der Waals surface area (Å²) >= 11 is 0. The second-order valence-electron chi connectivity index (χ2n) is 10.0. The predicted molar refractivity (Wildman–Crippen MR) is 134 cm³/mol. The molecule has 1 N–H and O–H groups in total. The number of hydrogen-bond acceptors (Lipinski definition) is 6. The quantitative estimate of drug-likeness (QED) is 0.431. The van der Waals surface area contributed by atoms with Gasteiger partial charge < -0.3 is 10.2 Å². The number of fused-ring (bicyclic) bond motifs is 1. The van der Waals surface area contributed by atoms with Crippen LogP contribution in [0.2, 0.25) is 0 Å². The lowest BCUT2D eigenvalue weighted by Crippen LogP contribution is -2.52. The van der Waals surface area contributed by atoms with Crippen LogP contribution in [0.25, 0.3) is 27.9 Å². The molecule has 0 bridgehead atoms. The van der Waals surface area contributed by atoms with Crippen molar-refractivity contribution in [1.29, 1.82) is 0 Å². The highest BCUT2D eigenvalue weighted by atomic mass is 19.4. The van der Waals surface area contributed by atoms with E-state index in [-0.39, 0.29) is 18.5 Å². The van der Waals surface area contributed by atoms with Crippen molar-refractivity contribution in [3.8, 4) is 11.4 Å². The van der Waals surface area contributed by atoms with Gasteiger partial charge in [0.25, 0.3) is 0 Å². The molecule has 0 radical (unpaired) electrons. The number of rotatable bonds is 5. The fraction of sp³-hybridized carbons (Fsp3) is 0.407. The van der Waals surface area contributed by atoms with Crippen molar-refractivity contribution in [2.45, 2.75) is 50.0 Å². The molecule has 1 saturated carbocycles. The zero-order chi connectivity index (χ0) is 26.4. The van der Waals surface area contributed by atoms with Gasteiger partial charge in [-0.2, -0.15) is 13.2 Å². The molecule has 3 aliphatic rings. The summed E-state index contributed by atoms with van der Waals surface area (Å²) in [5, 5.41) is 3.78. The number of alkyl halides is 4. The summed E-state index contributed by atoms with van der Waals surface area (Å²) in [5.74, 6) is 0.651. The number of halogens is 5. The largest absolute Gasteiger partial charge is 0.390 e. The highest BCUT2D eigenvalue weighted by Gasteiger charge is 2.35. The van der Waals surface area contributed by atoms with E-state index in [9.17, 15) is 22.0 Å². The van der Waals surface area contributed by atoms with Crippen molar-refractivity contribution in [1.82, 2.24) is 25.3 Å². The zero-order valence-electron chi connectivity index (χ0n) is 20.3. The van der Waals surface area contributed by atoms with Crippen LogP contribution in [-0.2, 0) is 0 Å². The molecule has 198 valence electrons. The van der Waals surface area contributed by atoms with E-state index in [1.165, 1.54) is 18.3 Å². The van der Waals surface area contributed by atoms with Crippen molar-refractivity contribution in [3.63, 3.8) is 0 Å². The van der Waals surface area contributed by atoms with Gasteiger partial charge in [-0.1, -0.05) is 6.08 Å². The molecule has 11 heteroatoms. The van der Waals surface area contributed by atoms with Gasteiger partial charge in [0.1, 0.15) is 17.8 Å². The number of nitrogens with one attached hydrogen (secondary N) is 1. The van der Waals surface area contributed by atoms with E-state index in [0.29, 0.717) is 47.4 Å². The predicted octanol–water partition coefficient (Wildman–Crippen LogP) is 5.67. The summed E-state index contributed by atoms with van der Waals surface area (Å²) in [6.45, 7) is 1.02. The first kappa shape index (κ1) is 24.8. The average Bonchev–Trinajstić information content (AvgIpc) is 3.72. The van der Waals surface area contributed by atoms with Gasteiger partial charge in [0.2, 0.25) is 0 Å². The maximum absolute atomic E-state index is 14.5. The Balaban J connectivity index is 1.44. The van der Waals surface area contributed by atoms with Crippen LogP contribution in [0.4, 0.5) is 27.8 Å². The number of anilines is 1. The Labute approximate surface area is 215 Å². The molecule has 3 aromatic heterocycles. The molecule has 3 aromatic rings. The summed E-state index contributed by atoms with van der Waals surface area (Å²) < 4.78 is 67.6. The van der Waals surface area contributed by atoms with Crippen molar-refractivity contribution in [3.05, 3.63) is 60.0 Å². The molecule has 2 fully saturated rings. The van der Waals surface area contributed by atoms with Crippen LogP contribution in [-0.4, -0.2) is 58.0 Å². The summed E-state index contributed by atoms with van der Waals surface area (Å²) in [6, 6.07) is 2.58. The molecule has 0 amide bonds. The number of aromatic nitrogens is 4. The lowest BCUT2D eigenvalue weighted by atomic mass is 10.0. The van der Waals surface area contributed by atoms with Crippen molar-refractivity contribution < 1.29 is 22.0 Å². The minimum atomic E-state index is -4.28. The van der Waals surface area contributed by atoms with Gasteiger partial charge >= 0.3 is 6.18 Å². The third-order valence-corrected chi connectivity index (χ3v) is 7.10. The van der Waals surface area contributed by atoms with Crippen LogP contribution >= 0.6 is 0 Å². The Morgan fingerprint density at radius 2 is 1.97 bits per heavy atom. The number of piperazine rings is 1. The van der Waals surface area contributed by atoms with Crippen molar-refractivity contribution >= 4 is 22.3 Å². The van der Waals surface area contributed by atoms with Crippen molar-refractivity contribution in [2.75, 3.05) is 24.5 Å². The first-order valence-corrected chi connectivity index (χ1v) is 12.6. The van der Waals surface area contributed by atoms with Gasteiger partial charge in [-0.15, -0.1) is 0 Å². The molecule has 2 aliphatic carbocycles. The van der Waals surface area contributed by atoms with Crippen LogP contribution in [0.5, 0.6) is 0 Å². The van der Waals surface area contributed by atoms with E-state index in [4.69, 9.17) is 9.97 Å². The van der Waals surface area contributed by atoms with Crippen LogP contribution in [0.1, 0.15) is 42.9 Å². The van der Waals surface area contributed by atoms with Crippen LogP contribution in [0.15, 0.2) is 48.7 Å². The van der Waals surface area contributed by atoms with Gasteiger partial charge in [0, 0.05) is 61.0 Å². The SMILES string of the molecule is FC1=C(c2cc(-c3nc(N4CCNC(CC(F)(F)F)C4)c4c(C5CC5)cncc4n3)ccn2)C=CC(F)C1. The first-order chi connectivity index (χ1) is 18.2. The number of nitrogens with zero attached hydrogens (tertiary/aromatic N) is 5. The van der Waals surface area contributed by atoms with Gasteiger partial charge in [-0.3, -0.25) is 9.97 Å². The standard InChI is InChI=1S/C27H25F5N6/c28-17-3-4-19(21(29)10-17)22-9-16(5-6-35-22)25-36-23-13-33-12-20(15-1-2-15)24(23)26(37-25)38-8-7-34-18(14-38)11-27(30,31)32/h3-6,9,12-13,15,17-18,34H,1-2,7-8,10-11,14H2. The van der Waals surface area contributed by atoms with E-state index in [0.717, 1.165) is 23.8 Å². The third-order valence-electron chi connectivity index (χ3n) is 7.10. The normalized spacial score (nSPS) is 22.4. The molecule has 2 atom stereocenters. The second kappa shape index (κ2) is 9.68. The van der Waals surface area contributed by atoms with Gasteiger partial charge in [0.15, 0.2) is 5.82 Å². The minimum Gasteiger partial charge on any atom is -0.353 e. The lowest BCUT2D eigenvalue weighted by molar-refractivity contribution is -0.139. The number of pyridine rings is 2. The molecule has 1 aliphatic heterocycles. The summed E-state index contributed by atoms with van der Waals surface area (Å²) in [4.78, 5) is 20.2. The molecular weight excluding hydrogens is 503 g/mol. The van der Waals surface area contributed by atoms with Crippen LogP contribution in [0, 0.1) is 0 Å². The third kappa shape index (κ3) is 5.11. The van der Waals surface area contributed by atoms with E-state index in [1.54, 1.807) is 24.5 Å². The molecule has 6 nitrogen and oxygen atoms in total. The number of hydrogen-bond donors (Lipinski definition) is 1. The molecule has 38 heavy (non-hydrogen) atoms. The molecule has 0 aromatic carbocycles. The molecule has 1 saturated heterocycles. The van der Waals surface area contributed by atoms with Crippen molar-refractivity contribution in [2.24, 2.45) is 0 Å². The molecule has 6 rings (SSSR count). The average molecular weight is 529 g/mol. The fourth-order valence-corrected chi connectivity index (χ4v) is 5.17. The van der Waals surface area contributed by atoms with Crippen LogP contribution in [0.3, 0.4) is 0 Å². The summed E-state index contributed by atoms with van der Waals surface area (Å²) in [5.41, 5.74) is 2.70. The highest BCUT2D eigenvalue weighted by molar-refractivity contribution is 5.94. The van der Waals surface area contributed by atoms with E-state index >= 15 is 0 Å². The van der Waals surface area contributed by atoms with E-state index < -0.39 is 30.6 Å². The van der Waals surface area contributed by atoms with E-state index in [2.05, 4.69) is 15.3 Å². The number of allylic oxidation sites excluding steroid dienone is 4. The minimum absolute atomic E-state index is 0.145. The lowest BCUT2D eigenvalue weighted by Gasteiger charge is -2.35. The topological polar surface area (TPSA) is 66.8 Å². The Bertz CT molecular complexity index is 1430. The smallest absolute Gasteiger partial charge is 0.353 e. The Hall–Kier alpha value is -3.47. The summed E-state index contributed by atoms with van der Waals surface area (Å²) in [7, 11) is 0. The van der Waals surface area contributed by atoms with Crippen LogP contribution < -0.4 is 10.2 Å². The Kier molecular flexibility index (Phi) is 6.33. The second-order valence-corrected chi connectivity index (χ2v) is 10.0. The molecule has 2 unspecified atom stereocenters. The fourth-order valence-electron chi connectivity index (χ4n) is 5.17. The molecular formula is C27H25F5N6. The Morgan fingerprint density at radius 3 is 2.74 bits per heavy atom. The highest BCUT2D eigenvalue weighted by Crippen LogP contribution is 2.45. The molecule has 0 spiro atoms. The van der Waals surface area contributed by atoms with Gasteiger partial charge in [-0.05, 0) is 42.5 Å². The Morgan fingerprint density at radius 1 is 1.13 bits per heavy atom. The van der Waals surface area contributed by atoms with Gasteiger partial charge in [0.05, 0.1) is 23.8 Å². The maximum Gasteiger partial charge on any atom is 0.390 e. The zero-order valence-corrected chi connectivity index (χ0v) is 20.3. The monoisotopic (exact) mass is 528 g/mol. The maximum atomic E-state index is 14.5.